The zero-order valence-corrected chi connectivity index (χ0v) is 21.1. The molecule has 176 valence electrons. The van der Waals surface area contributed by atoms with Crippen LogP contribution in [0.1, 0.15) is 99.3 Å². The number of hydrogen-bond donors (Lipinski definition) is 2. The Morgan fingerprint density at radius 2 is 1.74 bits per heavy atom. The highest BCUT2D eigenvalue weighted by molar-refractivity contribution is 5.30. The van der Waals surface area contributed by atoms with Crippen molar-refractivity contribution in [2.24, 2.45) is 46.3 Å². The van der Waals surface area contributed by atoms with Gasteiger partial charge in [0, 0.05) is 5.41 Å². The lowest BCUT2D eigenvalue weighted by atomic mass is 9.46. The van der Waals surface area contributed by atoms with Gasteiger partial charge < -0.3 is 10.2 Å². The van der Waals surface area contributed by atoms with E-state index >= 15 is 0 Å². The van der Waals surface area contributed by atoms with Crippen LogP contribution in [0.3, 0.4) is 0 Å². The van der Waals surface area contributed by atoms with E-state index in [1.165, 1.54) is 12.0 Å². The van der Waals surface area contributed by atoms with Gasteiger partial charge in [0.25, 0.3) is 0 Å². The highest BCUT2D eigenvalue weighted by Gasteiger charge is 2.64. The first-order chi connectivity index (χ1) is 14.4. The summed E-state index contributed by atoms with van der Waals surface area (Å²) in [4.78, 5) is 0. The molecule has 0 aromatic heterocycles. The van der Waals surface area contributed by atoms with Gasteiger partial charge in [-0.05, 0) is 104 Å². The third-order valence-corrected chi connectivity index (χ3v) is 11.3. The van der Waals surface area contributed by atoms with Crippen LogP contribution in [0.2, 0.25) is 0 Å². The Bertz CT molecular complexity index is 737. The molecule has 4 aliphatic rings. The van der Waals surface area contributed by atoms with E-state index in [0.29, 0.717) is 35.5 Å². The van der Waals surface area contributed by atoms with Crippen molar-refractivity contribution >= 4 is 0 Å². The Kier molecular flexibility index (Phi) is 6.09. The van der Waals surface area contributed by atoms with Crippen molar-refractivity contribution in [1.82, 2.24) is 0 Å². The van der Waals surface area contributed by atoms with Crippen LogP contribution in [0, 0.1) is 46.3 Å². The summed E-state index contributed by atoms with van der Waals surface area (Å²) in [5.74, 6) is 3.85. The summed E-state index contributed by atoms with van der Waals surface area (Å²) in [6, 6.07) is 0. The molecule has 0 aromatic carbocycles. The standard InChI is InChI=1S/C29H48O2/c1-18(2)21(5)19(3)16-20(4)29(31)15-12-26-24-9-8-22-17-23(30)10-13-27(22,6)25(24)11-14-28(26,29)7/h8,18-19,21,23-26,30-31H,4,9-17H2,1-3,5-7H3/t19-,21-,23+,24-,25+,26+,27+,28+,29+/m1/s1. The Balaban J connectivity index is 1.56. The lowest BCUT2D eigenvalue weighted by Crippen LogP contribution is -2.55. The van der Waals surface area contributed by atoms with E-state index in [9.17, 15) is 10.2 Å². The SMILES string of the molecule is C=C(C[C@@H](C)[C@H](C)C(C)C)[C@@]1(O)CC[C@H]2[C@@H]3CC=C4C[C@@H](O)CC[C@]4(C)[C@H]3CC[C@@]21C. The monoisotopic (exact) mass is 428 g/mol. The molecule has 0 saturated heterocycles. The van der Waals surface area contributed by atoms with E-state index in [-0.39, 0.29) is 16.9 Å². The fourth-order valence-electron chi connectivity index (χ4n) is 8.64. The molecule has 3 saturated carbocycles. The van der Waals surface area contributed by atoms with Gasteiger partial charge in [-0.1, -0.05) is 59.8 Å². The summed E-state index contributed by atoms with van der Waals surface area (Å²) in [7, 11) is 0. The van der Waals surface area contributed by atoms with Crippen LogP contribution < -0.4 is 0 Å². The Morgan fingerprint density at radius 3 is 2.42 bits per heavy atom. The molecular weight excluding hydrogens is 380 g/mol. The molecule has 0 spiro atoms. The van der Waals surface area contributed by atoms with Gasteiger partial charge in [-0.3, -0.25) is 0 Å². The van der Waals surface area contributed by atoms with Crippen LogP contribution >= 0.6 is 0 Å². The highest BCUT2D eigenvalue weighted by Crippen LogP contribution is 2.68. The molecule has 0 amide bonds. The minimum atomic E-state index is -0.707. The van der Waals surface area contributed by atoms with Crippen LogP contribution in [0.5, 0.6) is 0 Å². The normalized spacial score (nSPS) is 46.5. The second-order valence-corrected chi connectivity index (χ2v) is 12.9. The molecule has 2 nitrogen and oxygen atoms in total. The van der Waals surface area contributed by atoms with Crippen LogP contribution in [-0.2, 0) is 0 Å². The van der Waals surface area contributed by atoms with Gasteiger partial charge in [-0.15, -0.1) is 0 Å². The molecule has 3 fully saturated rings. The maximum absolute atomic E-state index is 12.2. The lowest BCUT2D eigenvalue weighted by molar-refractivity contribution is -0.108. The van der Waals surface area contributed by atoms with Gasteiger partial charge in [0.2, 0.25) is 0 Å². The number of allylic oxidation sites excluding steroid dienone is 1. The van der Waals surface area contributed by atoms with E-state index in [0.717, 1.165) is 56.9 Å². The van der Waals surface area contributed by atoms with E-state index in [1.807, 2.05) is 0 Å². The minimum Gasteiger partial charge on any atom is -0.393 e. The van der Waals surface area contributed by atoms with Crippen molar-refractivity contribution in [1.29, 1.82) is 0 Å². The van der Waals surface area contributed by atoms with Crippen molar-refractivity contribution in [3.8, 4) is 0 Å². The smallest absolute Gasteiger partial charge is 0.0910 e. The minimum absolute atomic E-state index is 0.0398. The largest absolute Gasteiger partial charge is 0.393 e. The van der Waals surface area contributed by atoms with E-state index < -0.39 is 5.60 Å². The van der Waals surface area contributed by atoms with Gasteiger partial charge in [0.15, 0.2) is 0 Å². The number of fused-ring (bicyclic) bond motifs is 5. The quantitative estimate of drug-likeness (QED) is 0.467. The average molecular weight is 429 g/mol. The number of hydrogen-bond acceptors (Lipinski definition) is 2. The topological polar surface area (TPSA) is 40.5 Å². The molecule has 4 aliphatic carbocycles. The first kappa shape index (κ1) is 23.6. The molecule has 0 radical (unpaired) electrons. The van der Waals surface area contributed by atoms with Gasteiger partial charge >= 0.3 is 0 Å². The Hall–Kier alpha value is -0.600. The molecule has 4 rings (SSSR count). The van der Waals surface area contributed by atoms with Crippen molar-refractivity contribution in [2.45, 2.75) is 111 Å². The molecule has 9 atom stereocenters. The van der Waals surface area contributed by atoms with Crippen molar-refractivity contribution in [2.75, 3.05) is 0 Å². The lowest BCUT2D eigenvalue weighted by Gasteiger charge is -2.59. The van der Waals surface area contributed by atoms with Gasteiger partial charge in [-0.2, -0.15) is 0 Å². The third kappa shape index (κ3) is 3.50. The van der Waals surface area contributed by atoms with Gasteiger partial charge in [0.05, 0.1) is 11.7 Å². The Labute approximate surface area is 191 Å². The highest BCUT2D eigenvalue weighted by atomic mass is 16.3. The van der Waals surface area contributed by atoms with Gasteiger partial charge in [0.1, 0.15) is 0 Å². The molecule has 2 heteroatoms. The fraction of sp³-hybridized carbons (Fsp3) is 0.862. The molecule has 31 heavy (non-hydrogen) atoms. The first-order valence-corrected chi connectivity index (χ1v) is 13.2. The van der Waals surface area contributed by atoms with Gasteiger partial charge in [-0.25, -0.2) is 0 Å². The number of aliphatic hydroxyl groups excluding tert-OH is 1. The summed E-state index contributed by atoms with van der Waals surface area (Å²) >= 11 is 0. The maximum atomic E-state index is 12.2. The van der Waals surface area contributed by atoms with E-state index in [2.05, 4.69) is 54.2 Å². The van der Waals surface area contributed by atoms with Crippen LogP contribution in [-0.4, -0.2) is 21.9 Å². The second-order valence-electron chi connectivity index (χ2n) is 12.9. The molecular formula is C29H48O2. The number of aliphatic hydroxyl groups is 2. The molecule has 0 aliphatic heterocycles. The van der Waals surface area contributed by atoms with Crippen molar-refractivity contribution in [3.63, 3.8) is 0 Å². The van der Waals surface area contributed by atoms with Crippen LogP contribution in [0.15, 0.2) is 23.8 Å². The van der Waals surface area contributed by atoms with Crippen molar-refractivity contribution in [3.05, 3.63) is 23.8 Å². The van der Waals surface area contributed by atoms with Crippen molar-refractivity contribution < 1.29 is 10.2 Å². The summed E-state index contributed by atoms with van der Waals surface area (Å²) in [6.07, 6.45) is 11.8. The summed E-state index contributed by atoms with van der Waals surface area (Å²) < 4.78 is 0. The summed E-state index contributed by atoms with van der Waals surface area (Å²) in [5, 5.41) is 22.4. The Morgan fingerprint density at radius 1 is 1.06 bits per heavy atom. The first-order valence-electron chi connectivity index (χ1n) is 13.2. The predicted molar refractivity (Wildman–Crippen MR) is 130 cm³/mol. The molecule has 0 aromatic rings. The third-order valence-electron chi connectivity index (χ3n) is 11.3. The second kappa shape index (κ2) is 8.01. The average Bonchev–Trinajstić information content (AvgIpc) is 3.00. The molecule has 0 heterocycles. The molecule has 0 bridgehead atoms. The van der Waals surface area contributed by atoms with E-state index in [4.69, 9.17) is 0 Å². The zero-order valence-electron chi connectivity index (χ0n) is 21.1. The van der Waals surface area contributed by atoms with E-state index in [1.54, 1.807) is 0 Å². The zero-order chi connectivity index (χ0) is 22.8. The number of rotatable bonds is 5. The summed E-state index contributed by atoms with van der Waals surface area (Å²) in [5.41, 5.74) is 2.16. The fourth-order valence-corrected chi connectivity index (χ4v) is 8.64. The molecule has 2 N–H and O–H groups in total. The molecule has 0 unspecified atom stereocenters. The maximum Gasteiger partial charge on any atom is 0.0910 e. The van der Waals surface area contributed by atoms with Crippen LogP contribution in [0.4, 0.5) is 0 Å². The summed E-state index contributed by atoms with van der Waals surface area (Å²) in [6.45, 7) is 18.7. The predicted octanol–water partition coefficient (Wildman–Crippen LogP) is 6.92. The van der Waals surface area contributed by atoms with Crippen LogP contribution in [0.25, 0.3) is 0 Å².